The Labute approximate surface area is 110 Å². The van der Waals surface area contributed by atoms with Gasteiger partial charge < -0.3 is 9.13 Å². The third-order valence-corrected chi connectivity index (χ3v) is 3.47. The van der Waals surface area contributed by atoms with Crippen LogP contribution in [0.2, 0.25) is 0 Å². The number of benzene rings is 1. The first-order valence-corrected chi connectivity index (χ1v) is 6.01. The highest BCUT2D eigenvalue weighted by molar-refractivity contribution is 5.88. The highest BCUT2D eigenvalue weighted by Gasteiger charge is 2.12. The van der Waals surface area contributed by atoms with E-state index in [1.54, 1.807) is 10.9 Å². The minimum atomic E-state index is 0.576. The van der Waals surface area contributed by atoms with Crippen molar-refractivity contribution in [3.8, 4) is 11.3 Å². The number of hydrogen-bond acceptors (Lipinski definition) is 3. The minimum absolute atomic E-state index is 0.576. The molecule has 0 bridgehead atoms. The summed E-state index contributed by atoms with van der Waals surface area (Å²) in [7, 11) is 3.80. The molecule has 2 heterocycles. The minimum Gasteiger partial charge on any atom is -0.331 e. The summed E-state index contributed by atoms with van der Waals surface area (Å²) in [6.45, 7) is 1.97. The lowest BCUT2D eigenvalue weighted by Crippen LogP contribution is -1.94. The fourth-order valence-corrected chi connectivity index (χ4v) is 2.27. The van der Waals surface area contributed by atoms with Gasteiger partial charge in [0.2, 0.25) is 0 Å². The van der Waals surface area contributed by atoms with Crippen LogP contribution in [0, 0.1) is 6.92 Å². The first-order chi connectivity index (χ1) is 9.11. The molecule has 0 fully saturated rings. The van der Waals surface area contributed by atoms with E-state index in [1.165, 1.54) is 0 Å². The molecule has 0 spiro atoms. The topological polar surface area (TPSA) is 52.7 Å². The molecule has 3 rings (SSSR count). The quantitative estimate of drug-likeness (QED) is 0.658. The monoisotopic (exact) mass is 254 g/mol. The van der Waals surface area contributed by atoms with Crippen LogP contribution >= 0.6 is 0 Å². The number of hydrogen-bond donors (Lipinski definition) is 0. The predicted molar refractivity (Wildman–Crippen MR) is 73.0 cm³/mol. The van der Waals surface area contributed by atoms with Crippen LogP contribution in [0.1, 0.15) is 16.3 Å². The third-order valence-electron chi connectivity index (χ3n) is 3.47. The number of rotatable bonds is 2. The first-order valence-electron chi connectivity index (χ1n) is 6.01. The number of aryl methyl sites for hydroxylation is 3. The van der Waals surface area contributed by atoms with Crippen molar-refractivity contribution in [3.63, 3.8) is 0 Å². The number of carbonyl (C=O) groups is 1. The third kappa shape index (κ3) is 1.66. The Bertz CT molecular complexity index is 782. The molecular formula is C14H14N4O. The number of carbonyl (C=O) groups excluding carboxylic acids is 1. The van der Waals surface area contributed by atoms with E-state index < -0.39 is 0 Å². The van der Waals surface area contributed by atoms with E-state index in [4.69, 9.17) is 0 Å². The molecule has 5 nitrogen and oxygen atoms in total. The molecule has 2 aromatic heterocycles. The summed E-state index contributed by atoms with van der Waals surface area (Å²) < 4.78 is 3.76. The summed E-state index contributed by atoms with van der Waals surface area (Å²) in [6.07, 6.45) is 2.48. The Balaban J connectivity index is 2.23. The SMILES string of the molecule is Cc1nc2cc(-c3ncn(C)c3C=O)ccc2n1C. The van der Waals surface area contributed by atoms with Gasteiger partial charge in [0.1, 0.15) is 11.5 Å². The number of fused-ring (bicyclic) bond motifs is 1. The second-order valence-electron chi connectivity index (χ2n) is 4.63. The molecule has 96 valence electrons. The summed E-state index contributed by atoms with van der Waals surface area (Å²) in [5.74, 6) is 0.962. The maximum atomic E-state index is 11.1. The molecule has 0 aliphatic heterocycles. The smallest absolute Gasteiger partial charge is 0.168 e. The van der Waals surface area contributed by atoms with E-state index in [2.05, 4.69) is 9.97 Å². The van der Waals surface area contributed by atoms with Crippen molar-refractivity contribution in [1.29, 1.82) is 0 Å². The molecule has 0 aliphatic carbocycles. The van der Waals surface area contributed by atoms with Gasteiger partial charge >= 0.3 is 0 Å². The summed E-state index contributed by atoms with van der Waals surface area (Å²) in [6, 6.07) is 5.95. The Hall–Kier alpha value is -2.43. The Morgan fingerprint density at radius 2 is 2.05 bits per heavy atom. The molecule has 3 aromatic rings. The normalized spacial score (nSPS) is 11.1. The van der Waals surface area contributed by atoms with Crippen LogP contribution in [0.5, 0.6) is 0 Å². The Morgan fingerprint density at radius 1 is 1.26 bits per heavy atom. The van der Waals surface area contributed by atoms with Crippen molar-refractivity contribution in [2.75, 3.05) is 0 Å². The van der Waals surface area contributed by atoms with Gasteiger partial charge in [-0.25, -0.2) is 9.97 Å². The van der Waals surface area contributed by atoms with Crippen LogP contribution in [-0.2, 0) is 14.1 Å². The van der Waals surface area contributed by atoms with Crippen molar-refractivity contribution in [1.82, 2.24) is 19.1 Å². The van der Waals surface area contributed by atoms with E-state index in [0.717, 1.165) is 28.7 Å². The van der Waals surface area contributed by atoms with Gasteiger partial charge in [0, 0.05) is 19.7 Å². The van der Waals surface area contributed by atoms with E-state index in [-0.39, 0.29) is 0 Å². The first kappa shape index (κ1) is 11.6. The van der Waals surface area contributed by atoms with E-state index in [1.807, 2.05) is 43.8 Å². The molecule has 19 heavy (non-hydrogen) atoms. The van der Waals surface area contributed by atoms with E-state index >= 15 is 0 Å². The van der Waals surface area contributed by atoms with Gasteiger partial charge in [-0.15, -0.1) is 0 Å². The second-order valence-corrected chi connectivity index (χ2v) is 4.63. The van der Waals surface area contributed by atoms with Gasteiger partial charge in [0.05, 0.1) is 23.1 Å². The summed E-state index contributed by atoms with van der Waals surface area (Å²) in [5.41, 5.74) is 4.17. The zero-order chi connectivity index (χ0) is 13.6. The van der Waals surface area contributed by atoms with E-state index in [0.29, 0.717) is 11.4 Å². The molecule has 0 saturated heterocycles. The van der Waals surface area contributed by atoms with Crippen molar-refractivity contribution in [2.24, 2.45) is 14.1 Å². The Kier molecular flexibility index (Phi) is 2.48. The second kappa shape index (κ2) is 4.05. The molecule has 0 radical (unpaired) electrons. The molecule has 5 heteroatoms. The molecule has 0 saturated carbocycles. The van der Waals surface area contributed by atoms with Gasteiger partial charge in [0.15, 0.2) is 6.29 Å². The average molecular weight is 254 g/mol. The maximum Gasteiger partial charge on any atom is 0.168 e. The average Bonchev–Trinajstić information content (AvgIpc) is 2.90. The fourth-order valence-electron chi connectivity index (χ4n) is 2.27. The zero-order valence-electron chi connectivity index (χ0n) is 11.1. The lowest BCUT2D eigenvalue weighted by molar-refractivity contribution is 0.111. The summed E-state index contributed by atoms with van der Waals surface area (Å²) >= 11 is 0. The van der Waals surface area contributed by atoms with Crippen LogP contribution in [0.4, 0.5) is 0 Å². The van der Waals surface area contributed by atoms with Gasteiger partial charge in [-0.05, 0) is 19.1 Å². The largest absolute Gasteiger partial charge is 0.331 e. The summed E-state index contributed by atoms with van der Waals surface area (Å²) in [4.78, 5) is 19.9. The fraction of sp³-hybridized carbons (Fsp3) is 0.214. The molecule has 0 amide bonds. The molecule has 0 atom stereocenters. The maximum absolute atomic E-state index is 11.1. The van der Waals surface area contributed by atoms with Gasteiger partial charge in [-0.3, -0.25) is 4.79 Å². The van der Waals surface area contributed by atoms with Gasteiger partial charge in [-0.1, -0.05) is 6.07 Å². The molecule has 1 aromatic carbocycles. The number of aromatic nitrogens is 4. The lowest BCUT2D eigenvalue weighted by Gasteiger charge is -2.01. The zero-order valence-corrected chi connectivity index (χ0v) is 11.1. The number of imidazole rings is 2. The van der Waals surface area contributed by atoms with Crippen LogP contribution in [0.25, 0.3) is 22.3 Å². The lowest BCUT2D eigenvalue weighted by atomic mass is 10.1. The van der Waals surface area contributed by atoms with Crippen LogP contribution in [0.3, 0.4) is 0 Å². The van der Waals surface area contributed by atoms with Gasteiger partial charge in [0.25, 0.3) is 0 Å². The van der Waals surface area contributed by atoms with Crippen molar-refractivity contribution < 1.29 is 4.79 Å². The van der Waals surface area contributed by atoms with Crippen LogP contribution in [-0.4, -0.2) is 25.4 Å². The van der Waals surface area contributed by atoms with Crippen molar-refractivity contribution in [3.05, 3.63) is 36.0 Å². The van der Waals surface area contributed by atoms with Crippen molar-refractivity contribution >= 4 is 17.3 Å². The van der Waals surface area contributed by atoms with E-state index in [9.17, 15) is 4.79 Å². The standard InChI is InChI=1S/C14H14N4O/c1-9-16-11-6-10(4-5-12(11)18(9)3)14-13(7-19)17(2)8-15-14/h4-8H,1-3H3. The number of nitrogens with zero attached hydrogens (tertiary/aromatic N) is 4. The molecule has 0 aliphatic rings. The Morgan fingerprint density at radius 3 is 2.79 bits per heavy atom. The molecule has 0 unspecified atom stereocenters. The molecular weight excluding hydrogens is 240 g/mol. The van der Waals surface area contributed by atoms with Crippen molar-refractivity contribution in [2.45, 2.75) is 6.92 Å². The van der Waals surface area contributed by atoms with Gasteiger partial charge in [-0.2, -0.15) is 0 Å². The highest BCUT2D eigenvalue weighted by atomic mass is 16.1. The molecule has 0 N–H and O–H groups in total. The summed E-state index contributed by atoms with van der Waals surface area (Å²) in [5, 5.41) is 0. The highest BCUT2D eigenvalue weighted by Crippen LogP contribution is 2.25. The number of aldehydes is 1. The van der Waals surface area contributed by atoms with Crippen LogP contribution < -0.4 is 0 Å². The van der Waals surface area contributed by atoms with Crippen LogP contribution in [0.15, 0.2) is 24.5 Å². The predicted octanol–water partition coefficient (Wildman–Crippen LogP) is 2.09.